The van der Waals surface area contributed by atoms with Crippen LogP contribution in [0.5, 0.6) is 0 Å². The summed E-state index contributed by atoms with van der Waals surface area (Å²) in [5.74, 6) is -0.0539. The van der Waals surface area contributed by atoms with Gasteiger partial charge < -0.3 is 10.6 Å². The molecule has 2 aromatic rings. The fraction of sp³-hybridized carbons (Fsp3) is 0.133. The number of hydrogen-bond donors (Lipinski definition) is 2. The molecule has 1 amide bonds. The Morgan fingerprint density at radius 3 is 2.37 bits per heavy atom. The fourth-order valence-corrected chi connectivity index (χ4v) is 2.36. The van der Waals surface area contributed by atoms with Crippen LogP contribution in [0.2, 0.25) is 0 Å². The molecule has 3 nitrogen and oxygen atoms in total. The molecular weight excluding hydrogens is 351 g/mol. The van der Waals surface area contributed by atoms with Crippen LogP contribution in [0.15, 0.2) is 48.5 Å². The molecule has 2 rings (SSSR count). The van der Waals surface area contributed by atoms with Crippen LogP contribution in [0.25, 0.3) is 0 Å². The van der Waals surface area contributed by atoms with E-state index < -0.39 is 0 Å². The van der Waals surface area contributed by atoms with E-state index in [-0.39, 0.29) is 5.91 Å². The normalized spacial score (nSPS) is 10.0. The SMILES string of the molecule is CC(=O)Nc1ccccc1CNc1ccccc1I. The van der Waals surface area contributed by atoms with E-state index in [4.69, 9.17) is 0 Å². The monoisotopic (exact) mass is 366 g/mol. The first-order valence-electron chi connectivity index (χ1n) is 6.00. The van der Waals surface area contributed by atoms with Gasteiger partial charge in [0.1, 0.15) is 0 Å². The highest BCUT2D eigenvalue weighted by Gasteiger charge is 2.04. The first-order chi connectivity index (χ1) is 9.16. The minimum atomic E-state index is -0.0539. The molecule has 0 heterocycles. The summed E-state index contributed by atoms with van der Waals surface area (Å²) in [6.07, 6.45) is 0. The number of carbonyl (C=O) groups is 1. The average molecular weight is 366 g/mol. The summed E-state index contributed by atoms with van der Waals surface area (Å²) in [7, 11) is 0. The van der Waals surface area contributed by atoms with Crippen LogP contribution < -0.4 is 10.6 Å². The second-order valence-electron chi connectivity index (χ2n) is 4.17. The van der Waals surface area contributed by atoms with E-state index in [1.807, 2.05) is 42.5 Å². The van der Waals surface area contributed by atoms with E-state index in [1.54, 1.807) is 0 Å². The van der Waals surface area contributed by atoms with Crippen LogP contribution in [0.4, 0.5) is 11.4 Å². The van der Waals surface area contributed by atoms with Crippen molar-refractivity contribution in [1.82, 2.24) is 0 Å². The second-order valence-corrected chi connectivity index (χ2v) is 5.33. The molecule has 0 atom stereocenters. The molecule has 19 heavy (non-hydrogen) atoms. The summed E-state index contributed by atoms with van der Waals surface area (Å²) in [4.78, 5) is 11.2. The molecule has 2 N–H and O–H groups in total. The smallest absolute Gasteiger partial charge is 0.221 e. The number of anilines is 2. The minimum absolute atomic E-state index is 0.0539. The molecular formula is C15H15IN2O. The van der Waals surface area contributed by atoms with Crippen molar-refractivity contribution in [2.45, 2.75) is 13.5 Å². The topological polar surface area (TPSA) is 41.1 Å². The Labute approximate surface area is 126 Å². The maximum Gasteiger partial charge on any atom is 0.221 e. The minimum Gasteiger partial charge on any atom is -0.380 e. The highest BCUT2D eigenvalue weighted by molar-refractivity contribution is 14.1. The zero-order valence-corrected chi connectivity index (χ0v) is 12.8. The summed E-state index contributed by atoms with van der Waals surface area (Å²) in [5.41, 5.74) is 3.02. The Morgan fingerprint density at radius 2 is 1.68 bits per heavy atom. The molecule has 0 saturated heterocycles. The number of benzene rings is 2. The van der Waals surface area contributed by atoms with Gasteiger partial charge in [-0.25, -0.2) is 0 Å². The summed E-state index contributed by atoms with van der Waals surface area (Å²) < 4.78 is 1.18. The standard InChI is InChI=1S/C15H15IN2O/c1-11(19)18-14-8-4-2-6-12(14)10-17-15-9-5-3-7-13(15)16/h2-9,17H,10H2,1H3,(H,18,19). The van der Waals surface area contributed by atoms with Gasteiger partial charge in [0, 0.05) is 28.4 Å². The van der Waals surface area contributed by atoms with Crippen molar-refractivity contribution in [3.63, 3.8) is 0 Å². The van der Waals surface area contributed by atoms with Crippen molar-refractivity contribution in [2.24, 2.45) is 0 Å². The molecule has 0 spiro atoms. The van der Waals surface area contributed by atoms with E-state index in [0.29, 0.717) is 6.54 Å². The van der Waals surface area contributed by atoms with E-state index in [9.17, 15) is 4.79 Å². The number of hydrogen-bond acceptors (Lipinski definition) is 2. The Hall–Kier alpha value is -1.56. The van der Waals surface area contributed by atoms with Gasteiger partial charge in [-0.3, -0.25) is 4.79 Å². The van der Waals surface area contributed by atoms with Crippen LogP contribution >= 0.6 is 22.6 Å². The molecule has 98 valence electrons. The van der Waals surface area contributed by atoms with Gasteiger partial charge in [0.25, 0.3) is 0 Å². The summed E-state index contributed by atoms with van der Waals surface area (Å²) in [6.45, 7) is 2.20. The Kier molecular flexibility index (Phi) is 4.79. The largest absolute Gasteiger partial charge is 0.380 e. The number of amides is 1. The maximum atomic E-state index is 11.2. The number of carbonyl (C=O) groups excluding carboxylic acids is 1. The lowest BCUT2D eigenvalue weighted by Gasteiger charge is -2.12. The summed E-state index contributed by atoms with van der Waals surface area (Å²) in [5, 5.41) is 6.23. The Bertz CT molecular complexity index is 584. The summed E-state index contributed by atoms with van der Waals surface area (Å²) >= 11 is 2.30. The van der Waals surface area contributed by atoms with E-state index in [1.165, 1.54) is 10.5 Å². The second kappa shape index (κ2) is 6.56. The molecule has 4 heteroatoms. The van der Waals surface area contributed by atoms with E-state index >= 15 is 0 Å². The first kappa shape index (κ1) is 13.9. The number of halogens is 1. The number of rotatable bonds is 4. The Balaban J connectivity index is 2.11. The molecule has 0 aliphatic heterocycles. The lowest BCUT2D eigenvalue weighted by Crippen LogP contribution is -2.10. The van der Waals surface area contributed by atoms with Crippen molar-refractivity contribution in [1.29, 1.82) is 0 Å². The van der Waals surface area contributed by atoms with Crippen molar-refractivity contribution >= 4 is 39.9 Å². The van der Waals surface area contributed by atoms with Crippen LogP contribution in [0.3, 0.4) is 0 Å². The molecule has 0 saturated carbocycles. The molecule has 0 unspecified atom stereocenters. The molecule has 0 fully saturated rings. The average Bonchev–Trinajstić information content (AvgIpc) is 2.39. The quantitative estimate of drug-likeness (QED) is 0.807. The lowest BCUT2D eigenvalue weighted by atomic mass is 10.1. The molecule has 2 aromatic carbocycles. The van der Waals surface area contributed by atoms with Gasteiger partial charge in [-0.1, -0.05) is 30.3 Å². The van der Waals surface area contributed by atoms with Crippen molar-refractivity contribution < 1.29 is 4.79 Å². The highest BCUT2D eigenvalue weighted by atomic mass is 127. The van der Waals surface area contributed by atoms with Gasteiger partial charge in [-0.15, -0.1) is 0 Å². The van der Waals surface area contributed by atoms with Gasteiger partial charge in [0.05, 0.1) is 0 Å². The predicted octanol–water partition coefficient (Wildman–Crippen LogP) is 3.86. The van der Waals surface area contributed by atoms with Gasteiger partial charge in [-0.05, 0) is 46.4 Å². The fourth-order valence-electron chi connectivity index (χ4n) is 1.78. The van der Waals surface area contributed by atoms with Gasteiger partial charge >= 0.3 is 0 Å². The molecule has 0 bridgehead atoms. The third kappa shape index (κ3) is 3.96. The third-order valence-corrected chi connectivity index (χ3v) is 3.61. The number of nitrogens with one attached hydrogen (secondary N) is 2. The van der Waals surface area contributed by atoms with Crippen LogP contribution in [-0.4, -0.2) is 5.91 Å². The highest BCUT2D eigenvalue weighted by Crippen LogP contribution is 2.20. The van der Waals surface area contributed by atoms with Gasteiger partial charge in [-0.2, -0.15) is 0 Å². The predicted molar refractivity (Wildman–Crippen MR) is 87.2 cm³/mol. The van der Waals surface area contributed by atoms with Crippen LogP contribution in [0, 0.1) is 3.57 Å². The number of para-hydroxylation sites is 2. The van der Waals surface area contributed by atoms with Gasteiger partial charge in [0.15, 0.2) is 0 Å². The molecule has 0 aromatic heterocycles. The molecule has 0 aliphatic carbocycles. The van der Waals surface area contributed by atoms with Crippen molar-refractivity contribution in [2.75, 3.05) is 10.6 Å². The van der Waals surface area contributed by atoms with E-state index in [0.717, 1.165) is 16.9 Å². The van der Waals surface area contributed by atoms with Gasteiger partial charge in [0.2, 0.25) is 5.91 Å². The molecule has 0 radical (unpaired) electrons. The van der Waals surface area contributed by atoms with E-state index in [2.05, 4.69) is 39.3 Å². The zero-order chi connectivity index (χ0) is 13.7. The third-order valence-electron chi connectivity index (χ3n) is 2.67. The maximum absolute atomic E-state index is 11.2. The lowest BCUT2D eigenvalue weighted by molar-refractivity contribution is -0.114. The van der Waals surface area contributed by atoms with Crippen LogP contribution in [-0.2, 0) is 11.3 Å². The Morgan fingerprint density at radius 1 is 1.05 bits per heavy atom. The zero-order valence-electron chi connectivity index (χ0n) is 10.6. The van der Waals surface area contributed by atoms with Crippen molar-refractivity contribution in [3.8, 4) is 0 Å². The van der Waals surface area contributed by atoms with Crippen molar-refractivity contribution in [3.05, 3.63) is 57.7 Å². The first-order valence-corrected chi connectivity index (χ1v) is 7.08. The van der Waals surface area contributed by atoms with Crippen LogP contribution in [0.1, 0.15) is 12.5 Å². The molecule has 0 aliphatic rings. The summed E-state index contributed by atoms with van der Waals surface area (Å²) in [6, 6.07) is 15.9.